The van der Waals surface area contributed by atoms with Crippen molar-refractivity contribution in [2.45, 2.75) is 0 Å². The van der Waals surface area contributed by atoms with E-state index in [0.29, 0.717) is 0 Å². The van der Waals surface area contributed by atoms with Crippen LogP contribution < -0.4 is 10.5 Å². The molecule has 0 spiro atoms. The molecule has 3 rings (SSSR count). The van der Waals surface area contributed by atoms with Crippen molar-refractivity contribution in [3.8, 4) is 0 Å². The van der Waals surface area contributed by atoms with E-state index >= 15 is 0 Å². The molecule has 6 heteroatoms. The third kappa shape index (κ3) is 3.50. The maximum absolute atomic E-state index is 7.45. The van der Waals surface area contributed by atoms with Crippen LogP contribution in [-0.2, 0) is 0 Å². The first-order valence-corrected chi connectivity index (χ1v) is 19.7. The van der Waals surface area contributed by atoms with E-state index in [2.05, 4.69) is 47.8 Å². The van der Waals surface area contributed by atoms with Crippen LogP contribution in [0.2, 0.25) is 0 Å². The average molecular weight is 661 g/mol. The van der Waals surface area contributed by atoms with E-state index in [-0.39, 0.29) is 0 Å². The van der Waals surface area contributed by atoms with Crippen molar-refractivity contribution in [1.82, 2.24) is 0 Å². The summed E-state index contributed by atoms with van der Waals surface area (Å²) in [5.41, 5.74) is 0. The van der Waals surface area contributed by atoms with Gasteiger partial charge >= 0.3 is 177 Å². The molecule has 0 aliphatic carbocycles. The molecule has 3 aromatic rings. The van der Waals surface area contributed by atoms with Crippen LogP contribution in [-0.4, -0.2) is 15.1 Å². The second-order valence-electron chi connectivity index (χ2n) is 5.34. The quantitative estimate of drug-likeness (QED) is 0.309. The molecule has 124 valence electrons. The Kier molecular flexibility index (Phi) is 5.82. The van der Waals surface area contributed by atoms with E-state index in [4.69, 9.17) is 17.7 Å². The molecule has 0 fully saturated rings. The van der Waals surface area contributed by atoms with Gasteiger partial charge in [0.05, 0.1) is 0 Å². The van der Waals surface area contributed by atoms with Crippen molar-refractivity contribution in [2.24, 2.45) is 0 Å². The predicted octanol–water partition coefficient (Wildman–Crippen LogP) is 5.87. The van der Waals surface area contributed by atoms with Crippen LogP contribution in [0.15, 0.2) is 86.2 Å². The zero-order chi connectivity index (χ0) is 17.4. The van der Waals surface area contributed by atoms with Crippen LogP contribution in [0.5, 0.6) is 0 Å². The van der Waals surface area contributed by atoms with Gasteiger partial charge < -0.3 is 0 Å². The Morgan fingerprint density at radius 1 is 0.458 bits per heavy atom. The molecule has 0 atom stereocenters. The van der Waals surface area contributed by atoms with Gasteiger partial charge in [-0.05, 0) is 0 Å². The summed E-state index contributed by atoms with van der Waals surface area (Å²) in [6.45, 7) is 0. The summed E-state index contributed by atoms with van der Waals surface area (Å²) in [4.78, 5) is 0. The molecule has 0 amide bonds. The Balaban J connectivity index is 2.33. The van der Waals surface area contributed by atoms with Gasteiger partial charge in [-0.2, -0.15) is 0 Å². The monoisotopic (exact) mass is 656 g/mol. The molecule has 0 aliphatic rings. The van der Waals surface area contributed by atoms with Crippen LogP contribution >= 0.6 is 65.4 Å². The van der Waals surface area contributed by atoms with Gasteiger partial charge in [-0.3, -0.25) is 0 Å². The predicted molar refractivity (Wildman–Crippen MR) is 119 cm³/mol. The van der Waals surface area contributed by atoms with Gasteiger partial charge in [0.2, 0.25) is 0 Å². The van der Waals surface area contributed by atoms with Gasteiger partial charge in [0.1, 0.15) is 0 Å². The molecule has 0 N–H and O–H groups in total. The van der Waals surface area contributed by atoms with Gasteiger partial charge in [0.15, 0.2) is 0 Å². The standard InChI is InChI=1S/3C6H4Br.2ClH.Sb/c3*7-6-4-2-1-3-5-6;;;/h3*2-5H;2*1H;/q;;;;;+2/p-2. The molecule has 0 bridgehead atoms. The van der Waals surface area contributed by atoms with E-state index in [1.54, 1.807) is 0 Å². The minimum absolute atomic E-state index is 0.985. The first-order chi connectivity index (χ1) is 11.3. The fraction of sp³-hybridized carbons (Fsp3) is 0. The van der Waals surface area contributed by atoms with Gasteiger partial charge in [0.25, 0.3) is 0 Å². The molecule has 0 heterocycles. The minimum atomic E-state index is -4.56. The number of halogens is 5. The number of hydrogen-bond acceptors (Lipinski definition) is 0. The Morgan fingerprint density at radius 3 is 0.875 bits per heavy atom. The van der Waals surface area contributed by atoms with Gasteiger partial charge in [0, 0.05) is 0 Å². The molecule has 0 saturated carbocycles. The average Bonchev–Trinajstić information content (AvgIpc) is 2.56. The molecular weight excluding hydrogens is 649 g/mol. The SMILES string of the molecule is [Cl][Sb]([Cl])([c]1ccc(Br)cc1)([c]1ccc(Br)cc1)[c]1ccc(Br)cc1. The number of hydrogen-bond donors (Lipinski definition) is 0. The Bertz CT molecular complexity index is 743. The normalized spacial score (nSPS) is 13.3. The van der Waals surface area contributed by atoms with E-state index in [1.165, 1.54) is 0 Å². The molecule has 0 unspecified atom stereocenters. The molecule has 0 radical (unpaired) electrons. The van der Waals surface area contributed by atoms with Crippen LogP contribution in [0.3, 0.4) is 0 Å². The van der Waals surface area contributed by atoms with Gasteiger partial charge in [-0.1, -0.05) is 0 Å². The summed E-state index contributed by atoms with van der Waals surface area (Å²) in [5.74, 6) is 0. The molecule has 3 aromatic carbocycles. The van der Waals surface area contributed by atoms with E-state index in [9.17, 15) is 0 Å². The van der Waals surface area contributed by atoms with Crippen molar-refractivity contribution in [1.29, 1.82) is 0 Å². The zero-order valence-electron chi connectivity index (χ0n) is 12.3. The second kappa shape index (κ2) is 7.25. The number of rotatable bonds is 3. The van der Waals surface area contributed by atoms with Crippen LogP contribution in [0.25, 0.3) is 0 Å². The van der Waals surface area contributed by atoms with Gasteiger partial charge in [-0.15, -0.1) is 0 Å². The van der Waals surface area contributed by atoms with E-state index < -0.39 is 15.1 Å². The van der Waals surface area contributed by atoms with Crippen molar-refractivity contribution >= 4 is 91.1 Å². The molecule has 0 aliphatic heterocycles. The van der Waals surface area contributed by atoms with Crippen molar-refractivity contribution in [3.63, 3.8) is 0 Å². The van der Waals surface area contributed by atoms with E-state index in [1.807, 2.05) is 72.8 Å². The molecule has 0 nitrogen and oxygen atoms in total. The summed E-state index contributed by atoms with van der Waals surface area (Å²) in [5, 5.41) is 0. The Hall–Kier alpha value is 0.498. The van der Waals surface area contributed by atoms with Crippen LogP contribution in [0, 0.1) is 0 Å². The summed E-state index contributed by atoms with van der Waals surface area (Å²) in [7, 11) is 14.9. The van der Waals surface area contributed by atoms with Crippen LogP contribution in [0.4, 0.5) is 0 Å². The molecular formula is C18H12Br3Cl2Sb. The first-order valence-electron chi connectivity index (χ1n) is 7.04. The van der Waals surface area contributed by atoms with Crippen molar-refractivity contribution in [2.75, 3.05) is 0 Å². The van der Waals surface area contributed by atoms with E-state index in [0.717, 1.165) is 23.9 Å². The second-order valence-corrected chi connectivity index (χ2v) is 27.9. The fourth-order valence-electron chi connectivity index (χ4n) is 2.56. The Labute approximate surface area is 175 Å². The molecule has 24 heavy (non-hydrogen) atoms. The Morgan fingerprint density at radius 2 is 0.667 bits per heavy atom. The molecule has 0 saturated heterocycles. The van der Waals surface area contributed by atoms with Gasteiger partial charge in [-0.25, -0.2) is 0 Å². The van der Waals surface area contributed by atoms with Crippen LogP contribution in [0.1, 0.15) is 0 Å². The fourth-order valence-corrected chi connectivity index (χ4v) is 16.2. The summed E-state index contributed by atoms with van der Waals surface area (Å²) >= 11 is 5.90. The summed E-state index contributed by atoms with van der Waals surface area (Å²) < 4.78 is 5.96. The first kappa shape index (κ1) is 19.3. The topological polar surface area (TPSA) is 0 Å². The van der Waals surface area contributed by atoms with Crippen molar-refractivity contribution in [3.05, 3.63) is 86.2 Å². The summed E-state index contributed by atoms with van der Waals surface area (Å²) in [6.07, 6.45) is 0. The maximum atomic E-state index is 7.45. The molecule has 0 aromatic heterocycles. The zero-order valence-corrected chi connectivity index (χ0v) is 21.1. The summed E-state index contributed by atoms with van der Waals surface area (Å²) in [6, 6.07) is 24.1. The third-order valence-electron chi connectivity index (χ3n) is 3.84. The third-order valence-corrected chi connectivity index (χ3v) is 23.6. The number of benzene rings is 3. The van der Waals surface area contributed by atoms with Crippen molar-refractivity contribution < 1.29 is 0 Å².